The molecule has 0 heterocycles. The molecule has 98 valence electrons. The SMILES string of the molecule is CCCCNC(=O)c1ccc([N+](=O)[O-])c(NN)c1. The van der Waals surface area contributed by atoms with Crippen molar-refractivity contribution in [1.29, 1.82) is 0 Å². The molecule has 0 saturated heterocycles. The van der Waals surface area contributed by atoms with E-state index in [0.29, 0.717) is 12.1 Å². The number of anilines is 1. The zero-order valence-corrected chi connectivity index (χ0v) is 10.1. The molecule has 0 atom stereocenters. The van der Waals surface area contributed by atoms with Crippen LogP contribution in [0.15, 0.2) is 18.2 Å². The highest BCUT2D eigenvalue weighted by molar-refractivity contribution is 5.95. The van der Waals surface area contributed by atoms with Gasteiger partial charge in [0.2, 0.25) is 0 Å². The summed E-state index contributed by atoms with van der Waals surface area (Å²) < 4.78 is 0. The number of hydrogen-bond donors (Lipinski definition) is 3. The molecule has 0 aliphatic rings. The number of nitro benzene ring substituents is 1. The van der Waals surface area contributed by atoms with Gasteiger partial charge >= 0.3 is 0 Å². The first-order chi connectivity index (χ1) is 8.60. The maximum Gasteiger partial charge on any atom is 0.293 e. The van der Waals surface area contributed by atoms with Crippen molar-refractivity contribution in [3.05, 3.63) is 33.9 Å². The number of nitrogens with two attached hydrogens (primary N) is 1. The van der Waals surface area contributed by atoms with Gasteiger partial charge in [-0.3, -0.25) is 20.8 Å². The topological polar surface area (TPSA) is 110 Å². The van der Waals surface area contributed by atoms with Crippen LogP contribution >= 0.6 is 0 Å². The summed E-state index contributed by atoms with van der Waals surface area (Å²) in [6.07, 6.45) is 1.87. The number of carbonyl (C=O) groups is 1. The van der Waals surface area contributed by atoms with Crippen LogP contribution < -0.4 is 16.6 Å². The van der Waals surface area contributed by atoms with Gasteiger partial charge < -0.3 is 10.7 Å². The predicted octanol–water partition coefficient (Wildman–Crippen LogP) is 1.41. The summed E-state index contributed by atoms with van der Waals surface area (Å²) in [4.78, 5) is 21.8. The van der Waals surface area contributed by atoms with E-state index in [4.69, 9.17) is 5.84 Å². The Morgan fingerprint density at radius 3 is 2.78 bits per heavy atom. The van der Waals surface area contributed by atoms with Gasteiger partial charge in [-0.25, -0.2) is 0 Å². The van der Waals surface area contributed by atoms with Crippen LogP contribution in [-0.2, 0) is 0 Å². The standard InChI is InChI=1S/C11H16N4O3/c1-2-3-6-13-11(16)8-4-5-10(15(17)18)9(7-8)14-12/h4-5,7,14H,2-3,6,12H2,1H3,(H,13,16). The Bertz CT molecular complexity index is 448. The number of hydrazine groups is 1. The van der Waals surface area contributed by atoms with E-state index in [1.54, 1.807) is 0 Å². The van der Waals surface area contributed by atoms with Crippen LogP contribution in [0.4, 0.5) is 11.4 Å². The summed E-state index contributed by atoms with van der Waals surface area (Å²) in [5.41, 5.74) is 2.51. The van der Waals surface area contributed by atoms with E-state index in [1.165, 1.54) is 18.2 Å². The molecular formula is C11H16N4O3. The lowest BCUT2D eigenvalue weighted by atomic mass is 10.1. The third-order valence-corrected chi connectivity index (χ3v) is 2.43. The minimum atomic E-state index is -0.562. The molecule has 0 aliphatic heterocycles. The highest BCUT2D eigenvalue weighted by atomic mass is 16.6. The van der Waals surface area contributed by atoms with E-state index in [9.17, 15) is 14.9 Å². The lowest BCUT2D eigenvalue weighted by Crippen LogP contribution is -2.24. The molecule has 1 amide bonds. The van der Waals surface area contributed by atoms with Gasteiger partial charge in [0.05, 0.1) is 4.92 Å². The average Bonchev–Trinajstić information content (AvgIpc) is 2.37. The van der Waals surface area contributed by atoms with Gasteiger partial charge in [0.25, 0.3) is 11.6 Å². The van der Waals surface area contributed by atoms with Crippen molar-refractivity contribution in [1.82, 2.24) is 5.32 Å². The number of hydrogen-bond acceptors (Lipinski definition) is 5. The molecular weight excluding hydrogens is 236 g/mol. The number of nitrogens with zero attached hydrogens (tertiary/aromatic N) is 1. The van der Waals surface area contributed by atoms with Crippen LogP contribution in [0.25, 0.3) is 0 Å². The fourth-order valence-electron chi connectivity index (χ4n) is 1.43. The summed E-state index contributed by atoms with van der Waals surface area (Å²) in [5.74, 6) is 4.92. The summed E-state index contributed by atoms with van der Waals surface area (Å²) >= 11 is 0. The zero-order valence-electron chi connectivity index (χ0n) is 10.1. The number of carbonyl (C=O) groups excluding carboxylic acids is 1. The van der Waals surface area contributed by atoms with Crippen LogP contribution in [0.5, 0.6) is 0 Å². The second-order valence-electron chi connectivity index (χ2n) is 3.74. The van der Waals surface area contributed by atoms with Crippen LogP contribution in [0, 0.1) is 10.1 Å². The number of benzene rings is 1. The lowest BCUT2D eigenvalue weighted by molar-refractivity contribution is -0.384. The lowest BCUT2D eigenvalue weighted by Gasteiger charge is -2.06. The van der Waals surface area contributed by atoms with E-state index < -0.39 is 4.92 Å². The number of rotatable bonds is 6. The van der Waals surface area contributed by atoms with Gasteiger partial charge in [-0.2, -0.15) is 0 Å². The minimum Gasteiger partial charge on any atom is -0.352 e. The number of nitrogens with one attached hydrogen (secondary N) is 2. The van der Waals surface area contributed by atoms with Gasteiger partial charge in [0.15, 0.2) is 0 Å². The number of nitro groups is 1. The molecule has 0 aromatic heterocycles. The van der Waals surface area contributed by atoms with Crippen molar-refractivity contribution < 1.29 is 9.72 Å². The van der Waals surface area contributed by atoms with Crippen molar-refractivity contribution >= 4 is 17.3 Å². The van der Waals surface area contributed by atoms with Gasteiger partial charge in [-0.15, -0.1) is 0 Å². The summed E-state index contributed by atoms with van der Waals surface area (Å²) in [7, 11) is 0. The maximum atomic E-state index is 11.7. The Balaban J connectivity index is 2.85. The fraction of sp³-hybridized carbons (Fsp3) is 0.364. The Hall–Kier alpha value is -2.15. The Labute approximate surface area is 104 Å². The fourth-order valence-corrected chi connectivity index (χ4v) is 1.43. The molecule has 0 fully saturated rings. The van der Waals surface area contributed by atoms with Crippen molar-refractivity contribution in [2.45, 2.75) is 19.8 Å². The summed E-state index contributed by atoms with van der Waals surface area (Å²) in [6, 6.07) is 4.02. The van der Waals surface area contributed by atoms with Crippen LogP contribution in [-0.4, -0.2) is 17.4 Å². The van der Waals surface area contributed by atoms with E-state index in [-0.39, 0.29) is 17.3 Å². The van der Waals surface area contributed by atoms with Crippen molar-refractivity contribution in [2.24, 2.45) is 5.84 Å². The normalized spacial score (nSPS) is 9.89. The molecule has 18 heavy (non-hydrogen) atoms. The molecule has 0 spiro atoms. The van der Waals surface area contributed by atoms with E-state index >= 15 is 0 Å². The summed E-state index contributed by atoms with van der Waals surface area (Å²) in [5, 5.41) is 13.4. The molecule has 1 rings (SSSR count). The third-order valence-electron chi connectivity index (χ3n) is 2.43. The van der Waals surface area contributed by atoms with Gasteiger partial charge in [-0.1, -0.05) is 13.3 Å². The van der Waals surface area contributed by atoms with Crippen molar-refractivity contribution in [2.75, 3.05) is 12.0 Å². The molecule has 4 N–H and O–H groups in total. The molecule has 0 saturated carbocycles. The predicted molar refractivity (Wildman–Crippen MR) is 68.1 cm³/mol. The first-order valence-corrected chi connectivity index (χ1v) is 5.63. The van der Waals surface area contributed by atoms with Crippen LogP contribution in [0.1, 0.15) is 30.1 Å². The van der Waals surface area contributed by atoms with E-state index in [1.807, 2.05) is 6.92 Å². The first kappa shape index (κ1) is 13.9. The zero-order chi connectivity index (χ0) is 13.5. The smallest absolute Gasteiger partial charge is 0.293 e. The summed E-state index contributed by atoms with van der Waals surface area (Å²) in [6.45, 7) is 2.60. The Morgan fingerprint density at radius 1 is 1.50 bits per heavy atom. The van der Waals surface area contributed by atoms with E-state index in [2.05, 4.69) is 10.7 Å². The third kappa shape index (κ3) is 3.42. The Kier molecular flexibility index (Phi) is 5.06. The molecule has 7 nitrogen and oxygen atoms in total. The average molecular weight is 252 g/mol. The van der Waals surface area contributed by atoms with Gasteiger partial charge in [0, 0.05) is 18.2 Å². The minimum absolute atomic E-state index is 0.114. The molecule has 0 aliphatic carbocycles. The monoisotopic (exact) mass is 252 g/mol. The number of amides is 1. The maximum absolute atomic E-state index is 11.7. The van der Waals surface area contributed by atoms with Crippen LogP contribution in [0.3, 0.4) is 0 Å². The second kappa shape index (κ2) is 6.55. The largest absolute Gasteiger partial charge is 0.352 e. The number of unbranched alkanes of at least 4 members (excludes halogenated alkanes) is 1. The molecule has 1 aromatic rings. The van der Waals surface area contributed by atoms with Gasteiger partial charge in [0.1, 0.15) is 5.69 Å². The van der Waals surface area contributed by atoms with E-state index in [0.717, 1.165) is 12.8 Å². The van der Waals surface area contributed by atoms with Crippen molar-refractivity contribution in [3.63, 3.8) is 0 Å². The Morgan fingerprint density at radius 2 is 2.22 bits per heavy atom. The van der Waals surface area contributed by atoms with Gasteiger partial charge in [-0.05, 0) is 18.6 Å². The molecule has 0 radical (unpaired) electrons. The second-order valence-corrected chi connectivity index (χ2v) is 3.74. The molecule has 1 aromatic carbocycles. The quantitative estimate of drug-likeness (QED) is 0.307. The molecule has 0 unspecified atom stereocenters. The highest BCUT2D eigenvalue weighted by Crippen LogP contribution is 2.24. The first-order valence-electron chi connectivity index (χ1n) is 5.63. The highest BCUT2D eigenvalue weighted by Gasteiger charge is 2.15. The molecule has 0 bridgehead atoms. The number of nitrogen functional groups attached to an aromatic ring is 1. The van der Waals surface area contributed by atoms with Crippen LogP contribution in [0.2, 0.25) is 0 Å². The van der Waals surface area contributed by atoms with Crippen molar-refractivity contribution in [3.8, 4) is 0 Å². The molecule has 7 heteroatoms.